The van der Waals surface area contributed by atoms with Crippen molar-refractivity contribution in [1.29, 1.82) is 0 Å². The lowest BCUT2D eigenvalue weighted by atomic mass is 10.0. The minimum Gasteiger partial charge on any atom is -0.330 e. The molecule has 0 aliphatic heterocycles. The van der Waals surface area contributed by atoms with Gasteiger partial charge in [0.1, 0.15) is 5.82 Å². The summed E-state index contributed by atoms with van der Waals surface area (Å²) >= 11 is 0.843. The molecule has 1 atom stereocenters. The van der Waals surface area contributed by atoms with Gasteiger partial charge < -0.3 is 5.73 Å². The summed E-state index contributed by atoms with van der Waals surface area (Å²) in [5.74, 6) is -3.27. The van der Waals surface area contributed by atoms with Crippen LogP contribution in [0.2, 0.25) is 0 Å². The third-order valence-electron chi connectivity index (χ3n) is 2.23. The molecule has 1 aromatic carbocycles. The molecule has 1 unspecified atom stereocenters. The van der Waals surface area contributed by atoms with E-state index in [0.717, 1.165) is 17.8 Å². The number of benzene rings is 1. The smallest absolute Gasteiger partial charge is 0.175 e. The van der Waals surface area contributed by atoms with Gasteiger partial charge in [-0.1, -0.05) is 6.92 Å². The first kappa shape index (κ1) is 12.4. The summed E-state index contributed by atoms with van der Waals surface area (Å²) in [7, 11) is 0. The van der Waals surface area contributed by atoms with Crippen molar-refractivity contribution in [2.45, 2.75) is 17.7 Å². The molecule has 1 rings (SSSR count). The van der Waals surface area contributed by atoms with Gasteiger partial charge in [-0.05, 0) is 30.3 Å². The monoisotopic (exact) mass is 235 g/mol. The maximum Gasteiger partial charge on any atom is 0.175 e. The number of hydrogen-bond acceptors (Lipinski definition) is 2. The van der Waals surface area contributed by atoms with E-state index in [2.05, 4.69) is 0 Å². The fourth-order valence-electron chi connectivity index (χ4n) is 1.27. The van der Waals surface area contributed by atoms with Crippen LogP contribution in [0.15, 0.2) is 11.0 Å². The van der Waals surface area contributed by atoms with Crippen LogP contribution in [0.25, 0.3) is 0 Å². The zero-order chi connectivity index (χ0) is 11.6. The van der Waals surface area contributed by atoms with Crippen LogP contribution in [-0.2, 0) is 0 Å². The van der Waals surface area contributed by atoms with Crippen molar-refractivity contribution in [2.24, 2.45) is 5.73 Å². The Morgan fingerprint density at radius 3 is 2.40 bits per heavy atom. The lowest BCUT2D eigenvalue weighted by molar-refractivity contribution is 0.452. The first-order valence-electron chi connectivity index (χ1n) is 4.44. The lowest BCUT2D eigenvalue weighted by Crippen LogP contribution is -2.12. The van der Waals surface area contributed by atoms with E-state index < -0.39 is 23.4 Å². The van der Waals surface area contributed by atoms with Gasteiger partial charge in [0.25, 0.3) is 0 Å². The zero-order valence-corrected chi connectivity index (χ0v) is 9.30. The van der Waals surface area contributed by atoms with Gasteiger partial charge in [0.2, 0.25) is 0 Å². The van der Waals surface area contributed by atoms with E-state index in [1.54, 1.807) is 6.92 Å². The van der Waals surface area contributed by atoms with Crippen molar-refractivity contribution in [3.05, 3.63) is 29.1 Å². The topological polar surface area (TPSA) is 26.0 Å². The van der Waals surface area contributed by atoms with Crippen molar-refractivity contribution in [2.75, 3.05) is 12.8 Å². The summed E-state index contributed by atoms with van der Waals surface area (Å²) in [6, 6.07) is 1.02. The number of hydrogen-bond donors (Lipinski definition) is 1. The summed E-state index contributed by atoms with van der Waals surface area (Å²) in [6.45, 7) is 1.77. The highest BCUT2D eigenvalue weighted by atomic mass is 32.2. The van der Waals surface area contributed by atoms with Gasteiger partial charge in [0.15, 0.2) is 11.6 Å². The maximum atomic E-state index is 13.5. The van der Waals surface area contributed by atoms with Gasteiger partial charge in [0.05, 0.1) is 4.90 Å². The summed E-state index contributed by atoms with van der Waals surface area (Å²) in [5.41, 5.74) is 5.32. The highest BCUT2D eigenvalue weighted by Crippen LogP contribution is 2.30. The average Bonchev–Trinajstić information content (AvgIpc) is 2.23. The van der Waals surface area contributed by atoms with Crippen molar-refractivity contribution in [3.63, 3.8) is 0 Å². The van der Waals surface area contributed by atoms with Crippen LogP contribution in [-0.4, -0.2) is 12.8 Å². The third kappa shape index (κ3) is 2.29. The van der Waals surface area contributed by atoms with E-state index in [9.17, 15) is 13.2 Å². The summed E-state index contributed by atoms with van der Waals surface area (Å²) in [4.78, 5) is -0.291. The van der Waals surface area contributed by atoms with Crippen LogP contribution in [0.3, 0.4) is 0 Å². The van der Waals surface area contributed by atoms with Crippen LogP contribution >= 0.6 is 11.8 Å². The second-order valence-corrected chi connectivity index (χ2v) is 4.06. The number of halogens is 3. The molecule has 0 aliphatic rings. The molecule has 1 aromatic rings. The molecule has 0 aliphatic carbocycles. The van der Waals surface area contributed by atoms with E-state index in [4.69, 9.17) is 5.73 Å². The highest BCUT2D eigenvalue weighted by molar-refractivity contribution is 7.98. The Morgan fingerprint density at radius 1 is 1.33 bits per heavy atom. The molecule has 0 saturated carbocycles. The van der Waals surface area contributed by atoms with Gasteiger partial charge in [-0.25, -0.2) is 13.2 Å². The second kappa shape index (κ2) is 4.90. The summed E-state index contributed by atoms with van der Waals surface area (Å²) in [5, 5.41) is 0. The molecule has 0 bridgehead atoms. The van der Waals surface area contributed by atoms with E-state index in [1.807, 2.05) is 0 Å². The molecule has 84 valence electrons. The Bertz CT molecular complexity index is 368. The van der Waals surface area contributed by atoms with Crippen LogP contribution in [0.4, 0.5) is 13.2 Å². The van der Waals surface area contributed by atoms with E-state index in [1.165, 1.54) is 6.26 Å². The molecular weight excluding hydrogens is 223 g/mol. The van der Waals surface area contributed by atoms with E-state index in [-0.39, 0.29) is 17.0 Å². The van der Waals surface area contributed by atoms with Gasteiger partial charge in [-0.3, -0.25) is 0 Å². The van der Waals surface area contributed by atoms with Crippen LogP contribution in [0.1, 0.15) is 18.4 Å². The van der Waals surface area contributed by atoms with Gasteiger partial charge in [-0.2, -0.15) is 0 Å². The molecule has 1 nitrogen and oxygen atoms in total. The molecule has 0 spiro atoms. The average molecular weight is 235 g/mol. The Morgan fingerprint density at radius 2 is 1.93 bits per heavy atom. The largest absolute Gasteiger partial charge is 0.330 e. The molecule has 0 amide bonds. The standard InChI is InChI=1S/C10H12F3NS/c1-5(4-14)6-3-7(11)10(15-2)9(13)8(6)12/h3,5H,4,14H2,1-2H3. The third-order valence-corrected chi connectivity index (χ3v) is 3.02. The minimum absolute atomic E-state index is 0.00898. The van der Waals surface area contributed by atoms with Crippen molar-refractivity contribution in [1.82, 2.24) is 0 Å². The first-order chi connectivity index (χ1) is 7.02. The lowest BCUT2D eigenvalue weighted by Gasteiger charge is -2.12. The summed E-state index contributed by atoms with van der Waals surface area (Å²) < 4.78 is 40.1. The zero-order valence-electron chi connectivity index (χ0n) is 8.48. The van der Waals surface area contributed by atoms with Gasteiger partial charge >= 0.3 is 0 Å². The molecule has 0 radical (unpaired) electrons. The Balaban J connectivity index is 3.33. The quantitative estimate of drug-likeness (QED) is 0.644. The first-order valence-corrected chi connectivity index (χ1v) is 5.66. The normalized spacial score (nSPS) is 12.9. The fourth-order valence-corrected chi connectivity index (χ4v) is 1.79. The molecule has 2 N–H and O–H groups in total. The highest BCUT2D eigenvalue weighted by Gasteiger charge is 2.20. The molecule has 0 heterocycles. The van der Waals surface area contributed by atoms with Crippen LogP contribution in [0, 0.1) is 17.5 Å². The molecular formula is C10H12F3NS. The van der Waals surface area contributed by atoms with Crippen molar-refractivity contribution < 1.29 is 13.2 Å². The van der Waals surface area contributed by atoms with Crippen molar-refractivity contribution >= 4 is 11.8 Å². The molecule has 15 heavy (non-hydrogen) atoms. The van der Waals surface area contributed by atoms with E-state index >= 15 is 0 Å². The molecule has 0 fully saturated rings. The van der Waals surface area contributed by atoms with Crippen molar-refractivity contribution in [3.8, 4) is 0 Å². The predicted octanol–water partition coefficient (Wildman–Crippen LogP) is 2.89. The number of nitrogens with two attached hydrogens (primary N) is 1. The Hall–Kier alpha value is -0.680. The minimum atomic E-state index is -1.13. The second-order valence-electron chi connectivity index (χ2n) is 3.25. The molecule has 0 aromatic heterocycles. The maximum absolute atomic E-state index is 13.5. The predicted molar refractivity (Wildman–Crippen MR) is 55.6 cm³/mol. The summed E-state index contributed by atoms with van der Waals surface area (Å²) in [6.07, 6.45) is 1.49. The molecule has 0 saturated heterocycles. The SMILES string of the molecule is CSc1c(F)cc(C(C)CN)c(F)c1F. The Labute approximate surface area is 90.9 Å². The van der Waals surface area contributed by atoms with Gasteiger partial charge in [0, 0.05) is 0 Å². The van der Waals surface area contributed by atoms with Gasteiger partial charge in [-0.15, -0.1) is 11.8 Å². The number of rotatable bonds is 3. The van der Waals surface area contributed by atoms with Crippen LogP contribution < -0.4 is 5.73 Å². The van der Waals surface area contributed by atoms with E-state index in [0.29, 0.717) is 0 Å². The van der Waals surface area contributed by atoms with Crippen LogP contribution in [0.5, 0.6) is 0 Å². The molecule has 5 heteroatoms. The fraction of sp³-hybridized carbons (Fsp3) is 0.400. The Kier molecular flexibility index (Phi) is 4.04. The number of thioether (sulfide) groups is 1.